The summed E-state index contributed by atoms with van der Waals surface area (Å²) in [6, 6.07) is 4.26. The molecule has 0 amide bonds. The van der Waals surface area contributed by atoms with Crippen LogP contribution in [0.3, 0.4) is 0 Å². The Morgan fingerprint density at radius 3 is 3.15 bits per heavy atom. The summed E-state index contributed by atoms with van der Waals surface area (Å²) in [7, 11) is 0. The Morgan fingerprint density at radius 1 is 1.46 bits per heavy atom. The zero-order valence-electron chi connectivity index (χ0n) is 7.42. The van der Waals surface area contributed by atoms with Crippen LogP contribution in [0.5, 0.6) is 0 Å². The number of amidine groups is 1. The summed E-state index contributed by atoms with van der Waals surface area (Å²) in [6.45, 7) is 1.83. The Kier molecular flexibility index (Phi) is 2.94. The Balaban J connectivity index is 1.82. The topological polar surface area (TPSA) is 36.4 Å². The molecule has 1 aromatic rings. The summed E-state index contributed by atoms with van der Waals surface area (Å²) in [5, 5.41) is 2.11. The van der Waals surface area contributed by atoms with E-state index >= 15 is 0 Å². The van der Waals surface area contributed by atoms with Crippen molar-refractivity contribution in [3.63, 3.8) is 0 Å². The van der Waals surface area contributed by atoms with E-state index in [1.807, 2.05) is 11.3 Å². The third kappa shape index (κ3) is 2.54. The predicted octanol–water partition coefficient (Wildman–Crippen LogP) is 1.19. The van der Waals surface area contributed by atoms with Crippen molar-refractivity contribution >= 4 is 17.2 Å². The van der Waals surface area contributed by atoms with Gasteiger partial charge in [0.1, 0.15) is 5.84 Å². The van der Waals surface area contributed by atoms with Gasteiger partial charge in [0.2, 0.25) is 0 Å². The minimum absolute atomic E-state index is 0.896. The minimum atomic E-state index is 0.896. The van der Waals surface area contributed by atoms with Crippen molar-refractivity contribution in [2.75, 3.05) is 13.1 Å². The molecule has 2 heterocycles. The highest BCUT2D eigenvalue weighted by Gasteiger charge is 2.03. The first-order chi connectivity index (χ1) is 6.45. The third-order valence-electron chi connectivity index (χ3n) is 1.96. The van der Waals surface area contributed by atoms with Crippen molar-refractivity contribution in [1.82, 2.24) is 10.9 Å². The molecule has 0 bridgehead atoms. The average Bonchev–Trinajstić information content (AvgIpc) is 2.69. The van der Waals surface area contributed by atoms with Gasteiger partial charge in [-0.15, -0.1) is 11.3 Å². The summed E-state index contributed by atoms with van der Waals surface area (Å²) < 4.78 is 0. The second-order valence-electron chi connectivity index (χ2n) is 2.96. The molecule has 1 aliphatic heterocycles. The molecule has 2 N–H and O–H groups in total. The van der Waals surface area contributed by atoms with E-state index < -0.39 is 0 Å². The van der Waals surface area contributed by atoms with Gasteiger partial charge in [-0.25, -0.2) is 5.43 Å². The molecule has 0 fully saturated rings. The Bertz CT molecular complexity index is 279. The van der Waals surface area contributed by atoms with Crippen LogP contribution in [0, 0.1) is 0 Å². The largest absolute Gasteiger partial charge is 0.310 e. The third-order valence-corrected chi connectivity index (χ3v) is 2.90. The Labute approximate surface area is 81.9 Å². The van der Waals surface area contributed by atoms with Crippen molar-refractivity contribution in [2.45, 2.75) is 12.8 Å². The number of hydrogen-bond donors (Lipinski definition) is 2. The van der Waals surface area contributed by atoms with Crippen LogP contribution >= 0.6 is 11.3 Å². The van der Waals surface area contributed by atoms with Gasteiger partial charge in [-0.1, -0.05) is 6.07 Å². The molecule has 13 heavy (non-hydrogen) atoms. The predicted molar refractivity (Wildman–Crippen MR) is 56.1 cm³/mol. The molecule has 3 nitrogen and oxygen atoms in total. The number of aliphatic imine (C=N–C) groups is 1. The van der Waals surface area contributed by atoms with Crippen LogP contribution in [0.2, 0.25) is 0 Å². The molecule has 2 rings (SSSR count). The van der Waals surface area contributed by atoms with Crippen LogP contribution < -0.4 is 10.9 Å². The van der Waals surface area contributed by atoms with Gasteiger partial charge in [-0.05, 0) is 17.9 Å². The van der Waals surface area contributed by atoms with Crippen LogP contribution in [0.15, 0.2) is 22.5 Å². The number of thiophene rings is 1. The van der Waals surface area contributed by atoms with Gasteiger partial charge in [0.05, 0.1) is 6.54 Å². The van der Waals surface area contributed by atoms with E-state index in [0.29, 0.717) is 0 Å². The molecule has 4 heteroatoms. The van der Waals surface area contributed by atoms with E-state index in [-0.39, 0.29) is 0 Å². The van der Waals surface area contributed by atoms with E-state index in [9.17, 15) is 0 Å². The fourth-order valence-corrected chi connectivity index (χ4v) is 2.00. The summed E-state index contributed by atoms with van der Waals surface area (Å²) in [5.41, 5.74) is 6.17. The van der Waals surface area contributed by atoms with Gasteiger partial charge >= 0.3 is 0 Å². The zero-order valence-corrected chi connectivity index (χ0v) is 8.23. The van der Waals surface area contributed by atoms with Gasteiger partial charge in [0.25, 0.3) is 0 Å². The molecular weight excluding hydrogens is 182 g/mol. The lowest BCUT2D eigenvalue weighted by atomic mass is 10.2. The number of hydrogen-bond acceptors (Lipinski definition) is 4. The molecule has 0 aliphatic carbocycles. The fourth-order valence-electron chi connectivity index (χ4n) is 1.29. The molecule has 0 unspecified atom stereocenters. The minimum Gasteiger partial charge on any atom is -0.310 e. The van der Waals surface area contributed by atoms with Crippen LogP contribution in [0.1, 0.15) is 11.3 Å². The first-order valence-electron chi connectivity index (χ1n) is 4.50. The van der Waals surface area contributed by atoms with Crippen molar-refractivity contribution in [3.8, 4) is 0 Å². The maximum Gasteiger partial charge on any atom is 0.111 e. The molecule has 0 saturated heterocycles. The molecule has 70 valence electrons. The monoisotopic (exact) mass is 195 g/mol. The standard InChI is InChI=1S/C9H13N3S/c1-2-8(13-7-1)3-4-9-10-5-6-11-12-9/h1-2,7,11H,3-6H2,(H,10,12). The molecule has 0 saturated carbocycles. The van der Waals surface area contributed by atoms with Gasteiger partial charge < -0.3 is 5.43 Å². The van der Waals surface area contributed by atoms with E-state index in [2.05, 4.69) is 33.4 Å². The van der Waals surface area contributed by atoms with Crippen molar-refractivity contribution in [2.24, 2.45) is 4.99 Å². The lowest BCUT2D eigenvalue weighted by molar-refractivity contribution is 0.614. The highest BCUT2D eigenvalue weighted by atomic mass is 32.1. The van der Waals surface area contributed by atoms with Crippen molar-refractivity contribution < 1.29 is 0 Å². The first-order valence-corrected chi connectivity index (χ1v) is 5.38. The number of hydrazine groups is 1. The highest BCUT2D eigenvalue weighted by molar-refractivity contribution is 7.09. The lowest BCUT2D eigenvalue weighted by Gasteiger charge is -2.15. The van der Waals surface area contributed by atoms with Crippen LogP contribution in [0.4, 0.5) is 0 Å². The summed E-state index contributed by atoms with van der Waals surface area (Å²) in [4.78, 5) is 5.80. The van der Waals surface area contributed by atoms with Gasteiger partial charge in [-0.3, -0.25) is 4.99 Å². The quantitative estimate of drug-likeness (QED) is 0.760. The van der Waals surface area contributed by atoms with E-state index in [4.69, 9.17) is 0 Å². The molecule has 0 atom stereocenters. The van der Waals surface area contributed by atoms with E-state index in [0.717, 1.165) is 31.8 Å². The van der Waals surface area contributed by atoms with Gasteiger partial charge in [-0.2, -0.15) is 0 Å². The maximum absolute atomic E-state index is 4.38. The van der Waals surface area contributed by atoms with Crippen molar-refractivity contribution in [3.05, 3.63) is 22.4 Å². The van der Waals surface area contributed by atoms with Crippen LogP contribution in [0.25, 0.3) is 0 Å². The van der Waals surface area contributed by atoms with Gasteiger partial charge in [0.15, 0.2) is 0 Å². The number of rotatable bonds is 3. The maximum atomic E-state index is 4.38. The molecule has 0 radical (unpaired) electrons. The second kappa shape index (κ2) is 4.39. The van der Waals surface area contributed by atoms with Gasteiger partial charge in [0, 0.05) is 17.8 Å². The van der Waals surface area contributed by atoms with Crippen LogP contribution in [-0.4, -0.2) is 18.9 Å². The molecule has 0 aromatic carbocycles. The number of nitrogens with zero attached hydrogens (tertiary/aromatic N) is 1. The van der Waals surface area contributed by atoms with E-state index in [1.165, 1.54) is 4.88 Å². The van der Waals surface area contributed by atoms with Crippen molar-refractivity contribution in [1.29, 1.82) is 0 Å². The molecular formula is C9H13N3S. The summed E-state index contributed by atoms with van der Waals surface area (Å²) in [5.74, 6) is 1.08. The Morgan fingerprint density at radius 2 is 2.46 bits per heavy atom. The highest BCUT2D eigenvalue weighted by Crippen LogP contribution is 2.10. The first kappa shape index (κ1) is 8.72. The molecule has 0 spiro atoms. The van der Waals surface area contributed by atoms with E-state index in [1.54, 1.807) is 0 Å². The zero-order chi connectivity index (χ0) is 8.93. The summed E-state index contributed by atoms with van der Waals surface area (Å²) >= 11 is 1.81. The molecule has 1 aromatic heterocycles. The summed E-state index contributed by atoms with van der Waals surface area (Å²) in [6.07, 6.45) is 2.10. The number of aryl methyl sites for hydroxylation is 1. The normalized spacial score (nSPS) is 16.5. The lowest BCUT2D eigenvalue weighted by Crippen LogP contribution is -2.43. The number of nitrogens with one attached hydrogen (secondary N) is 2. The van der Waals surface area contributed by atoms with Crippen LogP contribution in [-0.2, 0) is 6.42 Å². The SMILES string of the molecule is c1csc(CCC2=NCCNN2)c1. The fraction of sp³-hybridized carbons (Fsp3) is 0.444. The Hall–Kier alpha value is -0.870. The smallest absolute Gasteiger partial charge is 0.111 e. The molecule has 1 aliphatic rings. The average molecular weight is 195 g/mol. The second-order valence-corrected chi connectivity index (χ2v) is 3.99.